The molecule has 0 spiro atoms. The van der Waals surface area contributed by atoms with Crippen molar-refractivity contribution in [1.82, 2.24) is 4.90 Å². The summed E-state index contributed by atoms with van der Waals surface area (Å²) >= 11 is 5.89. The minimum atomic E-state index is -0.101. The van der Waals surface area contributed by atoms with Crippen molar-refractivity contribution >= 4 is 23.3 Å². The van der Waals surface area contributed by atoms with Crippen LogP contribution in [0.4, 0.5) is 0 Å². The average molecular weight is 324 g/mol. The van der Waals surface area contributed by atoms with Crippen LogP contribution in [0.5, 0.6) is 0 Å². The third kappa shape index (κ3) is 4.13. The zero-order valence-electron chi connectivity index (χ0n) is 13.0. The van der Waals surface area contributed by atoms with E-state index < -0.39 is 0 Å². The van der Waals surface area contributed by atoms with Gasteiger partial charge in [-0.1, -0.05) is 28.9 Å². The highest BCUT2D eigenvalue weighted by Crippen LogP contribution is 2.22. The number of halogens is 1. The number of carbonyl (C=O) groups excluding carboxylic acids is 1. The van der Waals surface area contributed by atoms with Crippen molar-refractivity contribution in [3.8, 4) is 0 Å². The lowest BCUT2D eigenvalue weighted by Gasteiger charge is -2.38. The molecule has 1 aromatic carbocycles. The van der Waals surface area contributed by atoms with Gasteiger partial charge in [-0.05, 0) is 45.2 Å². The first-order valence-corrected chi connectivity index (χ1v) is 7.89. The highest BCUT2D eigenvalue weighted by atomic mass is 35.5. The fourth-order valence-corrected chi connectivity index (χ4v) is 3.04. The van der Waals surface area contributed by atoms with E-state index in [9.17, 15) is 4.79 Å². The van der Waals surface area contributed by atoms with Gasteiger partial charge in [0.15, 0.2) is 12.4 Å². The summed E-state index contributed by atoms with van der Waals surface area (Å²) in [7, 11) is 0. The molecule has 2 N–H and O–H groups in total. The molecule has 6 heteroatoms. The van der Waals surface area contributed by atoms with Crippen LogP contribution in [-0.2, 0) is 9.63 Å². The average Bonchev–Trinajstić information content (AvgIpc) is 2.47. The maximum absolute atomic E-state index is 12.3. The molecule has 2 unspecified atom stereocenters. The van der Waals surface area contributed by atoms with Gasteiger partial charge in [0.1, 0.15) is 0 Å². The van der Waals surface area contributed by atoms with Crippen molar-refractivity contribution in [2.75, 3.05) is 6.61 Å². The van der Waals surface area contributed by atoms with E-state index in [2.05, 4.69) is 19.0 Å². The lowest BCUT2D eigenvalue weighted by Crippen LogP contribution is -2.48. The van der Waals surface area contributed by atoms with E-state index in [0.29, 0.717) is 10.6 Å². The van der Waals surface area contributed by atoms with Crippen LogP contribution in [0.2, 0.25) is 5.02 Å². The smallest absolute Gasteiger partial charge is 0.263 e. The molecule has 120 valence electrons. The number of nitrogens with two attached hydrogens (primary N) is 1. The van der Waals surface area contributed by atoms with Gasteiger partial charge >= 0.3 is 0 Å². The van der Waals surface area contributed by atoms with E-state index >= 15 is 0 Å². The van der Waals surface area contributed by atoms with Gasteiger partial charge in [-0.3, -0.25) is 4.79 Å². The number of oxime groups is 1. The van der Waals surface area contributed by atoms with Crippen molar-refractivity contribution in [3.63, 3.8) is 0 Å². The summed E-state index contributed by atoms with van der Waals surface area (Å²) in [6.07, 6.45) is 3.22. The molecule has 2 rings (SSSR count). The summed E-state index contributed by atoms with van der Waals surface area (Å²) in [5, 5.41) is 4.38. The second-order valence-corrected chi connectivity index (χ2v) is 6.13. The minimum Gasteiger partial charge on any atom is -0.384 e. The number of amidine groups is 1. The van der Waals surface area contributed by atoms with Crippen molar-refractivity contribution in [2.24, 2.45) is 10.9 Å². The monoisotopic (exact) mass is 323 g/mol. The Morgan fingerprint density at radius 3 is 2.73 bits per heavy atom. The predicted octanol–water partition coefficient (Wildman–Crippen LogP) is 2.77. The standard InChI is InChI=1S/C16H22ClN3O2/c1-11-5-3-6-12(2)20(11)15(21)10-22-19-16(18)13-7-4-8-14(17)9-13/h4,7-9,11-12H,3,5-6,10H2,1-2H3,(H2,18,19). The quantitative estimate of drug-likeness (QED) is 0.526. The molecule has 1 heterocycles. The number of rotatable bonds is 4. The van der Waals surface area contributed by atoms with Gasteiger partial charge in [0.05, 0.1) is 0 Å². The SMILES string of the molecule is CC1CCCC(C)N1C(=O)CO/N=C(\N)c1cccc(Cl)c1. The Bertz CT molecular complexity index is 552. The Labute approximate surface area is 136 Å². The number of hydrogen-bond donors (Lipinski definition) is 1. The summed E-state index contributed by atoms with van der Waals surface area (Å²) in [6, 6.07) is 7.50. The van der Waals surface area contributed by atoms with Crippen LogP contribution in [0, 0.1) is 0 Å². The van der Waals surface area contributed by atoms with Gasteiger partial charge in [-0.25, -0.2) is 0 Å². The summed E-state index contributed by atoms with van der Waals surface area (Å²) < 4.78 is 0. The van der Waals surface area contributed by atoms with Crippen molar-refractivity contribution in [1.29, 1.82) is 0 Å². The second-order valence-electron chi connectivity index (χ2n) is 5.69. The molecule has 1 fully saturated rings. The van der Waals surface area contributed by atoms with Crippen LogP contribution >= 0.6 is 11.6 Å². The van der Waals surface area contributed by atoms with Crippen LogP contribution in [0.1, 0.15) is 38.7 Å². The molecule has 0 aromatic heterocycles. The van der Waals surface area contributed by atoms with Gasteiger partial charge in [0, 0.05) is 22.7 Å². The fourth-order valence-electron chi connectivity index (χ4n) is 2.84. The minimum absolute atomic E-state index is 0.0534. The summed E-state index contributed by atoms with van der Waals surface area (Å²) in [5.41, 5.74) is 6.49. The fraction of sp³-hybridized carbons (Fsp3) is 0.500. The summed E-state index contributed by atoms with van der Waals surface area (Å²) in [6.45, 7) is 4.03. The number of carbonyl (C=O) groups is 1. The molecule has 0 bridgehead atoms. The van der Waals surface area contributed by atoms with Crippen molar-refractivity contribution in [2.45, 2.75) is 45.2 Å². The number of hydrogen-bond acceptors (Lipinski definition) is 3. The van der Waals surface area contributed by atoms with E-state index in [1.165, 1.54) is 0 Å². The topological polar surface area (TPSA) is 67.9 Å². The number of amides is 1. The van der Waals surface area contributed by atoms with Crippen molar-refractivity contribution in [3.05, 3.63) is 34.9 Å². The molecule has 1 aliphatic rings. The Hall–Kier alpha value is -1.75. The maximum atomic E-state index is 12.3. The van der Waals surface area contributed by atoms with Gasteiger partial charge in [-0.2, -0.15) is 0 Å². The van der Waals surface area contributed by atoms with Crippen LogP contribution in [-0.4, -0.2) is 35.3 Å². The van der Waals surface area contributed by atoms with Gasteiger partial charge in [0.2, 0.25) is 0 Å². The van der Waals surface area contributed by atoms with Crippen molar-refractivity contribution < 1.29 is 9.63 Å². The van der Waals surface area contributed by atoms with Crippen LogP contribution < -0.4 is 5.73 Å². The molecular weight excluding hydrogens is 302 g/mol. The zero-order chi connectivity index (χ0) is 16.1. The summed E-state index contributed by atoms with van der Waals surface area (Å²) in [4.78, 5) is 19.3. The Balaban J connectivity index is 1.92. The van der Waals surface area contributed by atoms with E-state index in [0.717, 1.165) is 19.3 Å². The number of piperidine rings is 1. The lowest BCUT2D eigenvalue weighted by atomic mass is 9.97. The zero-order valence-corrected chi connectivity index (χ0v) is 13.7. The molecule has 1 aliphatic heterocycles. The first kappa shape index (κ1) is 16.6. The van der Waals surface area contributed by atoms with Gasteiger partial charge in [0.25, 0.3) is 5.91 Å². The maximum Gasteiger partial charge on any atom is 0.263 e. The number of likely N-dealkylation sites (tertiary alicyclic amines) is 1. The first-order valence-electron chi connectivity index (χ1n) is 7.51. The molecule has 2 atom stereocenters. The molecular formula is C16H22ClN3O2. The molecule has 0 aliphatic carbocycles. The first-order chi connectivity index (χ1) is 10.5. The Morgan fingerprint density at radius 2 is 2.09 bits per heavy atom. The lowest BCUT2D eigenvalue weighted by molar-refractivity contribution is -0.142. The molecule has 0 radical (unpaired) electrons. The van der Waals surface area contributed by atoms with Crippen LogP contribution in [0.15, 0.2) is 29.4 Å². The third-order valence-electron chi connectivity index (χ3n) is 3.95. The van der Waals surface area contributed by atoms with Crippen LogP contribution in [0.25, 0.3) is 0 Å². The van der Waals surface area contributed by atoms with E-state index in [1.807, 2.05) is 4.90 Å². The normalized spacial score (nSPS) is 22.5. The highest BCUT2D eigenvalue weighted by molar-refractivity contribution is 6.31. The molecule has 0 saturated carbocycles. The Morgan fingerprint density at radius 1 is 1.41 bits per heavy atom. The molecule has 1 saturated heterocycles. The number of benzene rings is 1. The van der Waals surface area contributed by atoms with E-state index in [1.54, 1.807) is 24.3 Å². The van der Waals surface area contributed by atoms with Crippen LogP contribution in [0.3, 0.4) is 0 Å². The summed E-state index contributed by atoms with van der Waals surface area (Å²) in [5.74, 6) is 0.150. The van der Waals surface area contributed by atoms with E-state index in [4.69, 9.17) is 22.2 Å². The van der Waals surface area contributed by atoms with E-state index in [-0.39, 0.29) is 30.4 Å². The largest absolute Gasteiger partial charge is 0.384 e. The van der Waals surface area contributed by atoms with Gasteiger partial charge < -0.3 is 15.5 Å². The Kier molecular flexibility index (Phi) is 5.66. The number of nitrogens with zero attached hydrogens (tertiary/aromatic N) is 2. The third-order valence-corrected chi connectivity index (χ3v) is 4.19. The molecule has 1 amide bonds. The van der Waals surface area contributed by atoms with Gasteiger partial charge in [-0.15, -0.1) is 0 Å². The molecule has 5 nitrogen and oxygen atoms in total. The predicted molar refractivity (Wildman–Crippen MR) is 87.7 cm³/mol. The highest BCUT2D eigenvalue weighted by Gasteiger charge is 2.28. The second kappa shape index (κ2) is 7.49. The molecule has 1 aromatic rings. The molecule has 22 heavy (non-hydrogen) atoms.